The maximum absolute atomic E-state index is 13.4. The first-order valence-corrected chi connectivity index (χ1v) is 8.98. The third kappa shape index (κ3) is 3.64. The Morgan fingerprint density at radius 3 is 2.70 bits per heavy atom. The van der Waals surface area contributed by atoms with Crippen LogP contribution in [0, 0.1) is 0 Å². The first-order valence-electron chi connectivity index (χ1n) is 8.61. The lowest BCUT2D eigenvalue weighted by atomic mass is 9.96. The number of hydrogen-bond acceptors (Lipinski definition) is 5. The molecule has 2 heterocycles. The molecule has 1 N–H and O–H groups in total. The highest BCUT2D eigenvalue weighted by molar-refractivity contribution is 6.30. The molecule has 1 saturated carbocycles. The van der Waals surface area contributed by atoms with E-state index >= 15 is 0 Å². The fourth-order valence-corrected chi connectivity index (χ4v) is 3.55. The summed E-state index contributed by atoms with van der Waals surface area (Å²) in [6, 6.07) is 9.05. The van der Waals surface area contributed by atoms with Crippen LogP contribution in [0.5, 0.6) is 0 Å². The molecule has 0 saturated heterocycles. The molecule has 1 aromatic carbocycles. The number of nitrogens with zero attached hydrogens (tertiary/aromatic N) is 3. The molecule has 0 amide bonds. The van der Waals surface area contributed by atoms with E-state index in [1.165, 1.54) is 6.20 Å². The van der Waals surface area contributed by atoms with E-state index < -0.39 is 5.92 Å². The van der Waals surface area contributed by atoms with E-state index in [1.54, 1.807) is 13.1 Å². The monoisotopic (exact) mass is 390 g/mol. The predicted octanol–water partition coefficient (Wildman–Crippen LogP) is 5.40. The molecule has 2 aromatic heterocycles. The molecule has 1 aliphatic carbocycles. The highest BCUT2D eigenvalue weighted by atomic mass is 35.5. The normalized spacial score (nSPS) is 18.6. The maximum Gasteiger partial charge on any atom is 0.258 e. The Hall–Kier alpha value is -2.54. The second-order valence-corrected chi connectivity index (χ2v) is 7.08. The molecule has 0 aliphatic heterocycles. The van der Waals surface area contributed by atoms with Gasteiger partial charge in [-0.05, 0) is 36.1 Å². The van der Waals surface area contributed by atoms with Crippen molar-refractivity contribution in [3.63, 3.8) is 0 Å². The van der Waals surface area contributed by atoms with Crippen molar-refractivity contribution in [3.8, 4) is 22.8 Å². The molecule has 0 bridgehead atoms. The summed E-state index contributed by atoms with van der Waals surface area (Å²) >= 11 is 6.02. The van der Waals surface area contributed by atoms with Gasteiger partial charge < -0.3 is 9.84 Å². The van der Waals surface area contributed by atoms with Crippen molar-refractivity contribution < 1.29 is 13.3 Å². The first-order chi connectivity index (χ1) is 12.9. The van der Waals surface area contributed by atoms with Crippen LogP contribution >= 0.6 is 11.6 Å². The van der Waals surface area contributed by atoms with E-state index in [1.807, 2.05) is 24.3 Å². The lowest BCUT2D eigenvalue weighted by Crippen LogP contribution is -2.09. The second-order valence-electron chi connectivity index (χ2n) is 6.64. The lowest BCUT2D eigenvalue weighted by Gasteiger charge is -2.11. The number of alkyl halides is 2. The summed E-state index contributed by atoms with van der Waals surface area (Å²) < 4.78 is 32.2. The van der Waals surface area contributed by atoms with E-state index in [0.717, 1.165) is 11.1 Å². The Balaban J connectivity index is 1.58. The second kappa shape index (κ2) is 6.88. The average Bonchev–Trinajstić information content (AvgIpc) is 3.28. The van der Waals surface area contributed by atoms with Gasteiger partial charge in [-0.15, -0.1) is 0 Å². The van der Waals surface area contributed by atoms with Gasteiger partial charge >= 0.3 is 0 Å². The van der Waals surface area contributed by atoms with Crippen LogP contribution in [0.2, 0.25) is 5.02 Å². The van der Waals surface area contributed by atoms with Crippen molar-refractivity contribution in [2.45, 2.75) is 31.1 Å². The molecule has 27 heavy (non-hydrogen) atoms. The van der Waals surface area contributed by atoms with Crippen LogP contribution in [0.1, 0.15) is 30.7 Å². The van der Waals surface area contributed by atoms with E-state index in [4.69, 9.17) is 16.1 Å². The molecule has 0 unspecified atom stereocenters. The Bertz CT molecular complexity index is 959. The number of hydrogen-bond donors (Lipinski definition) is 1. The van der Waals surface area contributed by atoms with E-state index in [-0.39, 0.29) is 18.8 Å². The molecule has 1 atom stereocenters. The smallest absolute Gasteiger partial charge is 0.258 e. The van der Waals surface area contributed by atoms with Gasteiger partial charge in [-0.1, -0.05) is 28.9 Å². The predicted molar refractivity (Wildman–Crippen MR) is 99.1 cm³/mol. The third-order valence-electron chi connectivity index (χ3n) is 4.79. The molecular formula is C19H17ClF2N4O. The van der Waals surface area contributed by atoms with Crippen LogP contribution in [0.25, 0.3) is 22.8 Å². The summed E-state index contributed by atoms with van der Waals surface area (Å²) in [5.41, 5.74) is 2.26. The van der Waals surface area contributed by atoms with Gasteiger partial charge in [0.2, 0.25) is 11.7 Å². The summed E-state index contributed by atoms with van der Waals surface area (Å²) in [4.78, 5) is 8.61. The zero-order valence-corrected chi connectivity index (χ0v) is 15.3. The molecule has 1 aliphatic rings. The number of anilines is 1. The van der Waals surface area contributed by atoms with Crippen molar-refractivity contribution in [1.29, 1.82) is 0 Å². The van der Waals surface area contributed by atoms with Gasteiger partial charge in [0, 0.05) is 31.6 Å². The topological polar surface area (TPSA) is 63.8 Å². The molecular weight excluding hydrogens is 374 g/mol. The van der Waals surface area contributed by atoms with Crippen molar-refractivity contribution >= 4 is 17.4 Å². The van der Waals surface area contributed by atoms with Crippen LogP contribution in [0.3, 0.4) is 0 Å². The van der Waals surface area contributed by atoms with Crippen LogP contribution in [0.15, 0.2) is 41.1 Å². The van der Waals surface area contributed by atoms with Crippen molar-refractivity contribution in [2.75, 3.05) is 12.4 Å². The van der Waals surface area contributed by atoms with Gasteiger partial charge in [0.25, 0.3) is 5.89 Å². The molecule has 3 aromatic rings. The fraction of sp³-hybridized carbons (Fsp3) is 0.316. The van der Waals surface area contributed by atoms with Gasteiger partial charge in [0.15, 0.2) is 0 Å². The van der Waals surface area contributed by atoms with E-state index in [9.17, 15) is 8.78 Å². The van der Waals surface area contributed by atoms with Crippen molar-refractivity contribution in [1.82, 2.24) is 15.1 Å². The van der Waals surface area contributed by atoms with E-state index in [0.29, 0.717) is 34.5 Å². The number of pyridine rings is 1. The van der Waals surface area contributed by atoms with Gasteiger partial charge in [-0.2, -0.15) is 4.98 Å². The first kappa shape index (κ1) is 17.9. The van der Waals surface area contributed by atoms with Crippen molar-refractivity contribution in [3.05, 3.63) is 47.1 Å². The largest absolute Gasteiger partial charge is 0.373 e. The summed E-state index contributed by atoms with van der Waals surface area (Å²) in [7, 11) is 1.74. The quantitative estimate of drug-likeness (QED) is 0.646. The minimum atomic E-state index is -2.55. The Morgan fingerprint density at radius 2 is 2.04 bits per heavy atom. The maximum atomic E-state index is 13.4. The summed E-state index contributed by atoms with van der Waals surface area (Å²) in [5, 5.41) is 7.44. The number of nitrogens with one attached hydrogen (secondary N) is 1. The number of halogens is 3. The van der Waals surface area contributed by atoms with E-state index in [2.05, 4.69) is 20.4 Å². The zero-order chi connectivity index (χ0) is 19.0. The molecule has 0 radical (unpaired) electrons. The van der Waals surface area contributed by atoms with Gasteiger partial charge in [0.1, 0.15) is 5.82 Å². The van der Waals surface area contributed by atoms with Crippen LogP contribution in [-0.4, -0.2) is 28.1 Å². The molecule has 4 rings (SSSR count). The van der Waals surface area contributed by atoms with Gasteiger partial charge in [0.05, 0.1) is 10.6 Å². The Morgan fingerprint density at radius 1 is 1.26 bits per heavy atom. The highest BCUT2D eigenvalue weighted by Crippen LogP contribution is 2.44. The molecule has 140 valence electrons. The fourth-order valence-electron chi connectivity index (χ4n) is 3.39. The number of benzene rings is 1. The third-order valence-corrected chi connectivity index (χ3v) is 5.00. The van der Waals surface area contributed by atoms with Gasteiger partial charge in [-0.25, -0.2) is 13.8 Å². The molecule has 1 fully saturated rings. The molecule has 5 nitrogen and oxygen atoms in total. The number of rotatable bonds is 4. The molecule has 0 spiro atoms. The van der Waals surface area contributed by atoms with Crippen LogP contribution in [0.4, 0.5) is 14.6 Å². The Kier molecular flexibility index (Phi) is 4.55. The summed E-state index contributed by atoms with van der Waals surface area (Å²) in [5.74, 6) is -1.37. The minimum absolute atomic E-state index is 0.0477. The summed E-state index contributed by atoms with van der Waals surface area (Å²) in [6.07, 6.45) is 1.90. The average molecular weight is 391 g/mol. The standard InChI is InChI=1S/C19H17ClF2N4O/c1-23-16-15(8-14(20)10-24-16)17-25-18(27-26-17)12-4-2-11(3-5-12)13-6-7-19(21,22)9-13/h2-5,8,10,13H,6-7,9H2,1H3,(H,23,24)/t13-/m1/s1. The summed E-state index contributed by atoms with van der Waals surface area (Å²) in [6.45, 7) is 0. The highest BCUT2D eigenvalue weighted by Gasteiger charge is 2.39. The lowest BCUT2D eigenvalue weighted by molar-refractivity contribution is 0.00777. The van der Waals surface area contributed by atoms with Crippen LogP contribution < -0.4 is 5.32 Å². The zero-order valence-electron chi connectivity index (χ0n) is 14.5. The minimum Gasteiger partial charge on any atom is -0.373 e. The SMILES string of the molecule is CNc1ncc(Cl)cc1-c1noc(-c2ccc([C@@H]3CCC(F)(F)C3)cc2)n1. The van der Waals surface area contributed by atoms with Crippen molar-refractivity contribution in [2.24, 2.45) is 0 Å². The van der Waals surface area contributed by atoms with Gasteiger partial charge in [-0.3, -0.25) is 0 Å². The Labute approximate surface area is 159 Å². The van der Waals surface area contributed by atoms with Crippen LogP contribution in [-0.2, 0) is 0 Å². The molecule has 8 heteroatoms. The number of aromatic nitrogens is 3.